The fourth-order valence-corrected chi connectivity index (χ4v) is 5.13. The Morgan fingerprint density at radius 3 is 2.43 bits per heavy atom. The van der Waals surface area contributed by atoms with Gasteiger partial charge in [0.15, 0.2) is 0 Å². The van der Waals surface area contributed by atoms with E-state index in [9.17, 15) is 4.39 Å². The maximum Gasteiger partial charge on any atom is 0.126 e. The molecule has 0 radical (unpaired) electrons. The highest BCUT2D eigenvalue weighted by Gasteiger charge is 2.66. The summed E-state index contributed by atoms with van der Waals surface area (Å²) < 4.78 is 13.7. The van der Waals surface area contributed by atoms with Crippen molar-refractivity contribution in [2.24, 2.45) is 0 Å². The summed E-state index contributed by atoms with van der Waals surface area (Å²) in [5.41, 5.74) is 2.57. The molecule has 0 aliphatic heterocycles. The van der Waals surface area contributed by atoms with Crippen molar-refractivity contribution in [1.82, 2.24) is 0 Å². The molecule has 1 aromatic rings. The number of benzene rings is 1. The second-order valence-corrected chi connectivity index (χ2v) is 7.21. The van der Waals surface area contributed by atoms with Crippen molar-refractivity contribution >= 4 is 22.6 Å². The van der Waals surface area contributed by atoms with Gasteiger partial charge < -0.3 is 0 Å². The highest BCUT2D eigenvalue weighted by atomic mass is 127. The molecule has 0 spiro atoms. The Balaban J connectivity index is 1.95. The number of aryl methyl sites for hydroxylation is 1. The smallest absolute Gasteiger partial charge is 0.126 e. The minimum Gasteiger partial charge on any atom is -0.207 e. The third-order valence-corrected chi connectivity index (χ3v) is 4.88. The molecule has 3 aliphatic rings. The van der Waals surface area contributed by atoms with Gasteiger partial charge in [-0.1, -0.05) is 34.7 Å². The Kier molecular flexibility index (Phi) is 1.64. The summed E-state index contributed by atoms with van der Waals surface area (Å²) in [6.45, 7) is 1.85. The molecule has 0 nitrogen and oxygen atoms in total. The van der Waals surface area contributed by atoms with Crippen LogP contribution in [-0.2, 0) is 5.41 Å². The van der Waals surface area contributed by atoms with Crippen molar-refractivity contribution < 1.29 is 4.39 Å². The molecule has 3 saturated carbocycles. The summed E-state index contributed by atoms with van der Waals surface area (Å²) in [6, 6.07) is 5.62. The van der Waals surface area contributed by atoms with E-state index in [1.807, 2.05) is 19.1 Å². The Hall–Kier alpha value is -0.120. The lowest BCUT2D eigenvalue weighted by atomic mass is 9.42. The lowest BCUT2D eigenvalue weighted by Gasteiger charge is -2.68. The molecular weight excluding hydrogens is 290 g/mol. The molecule has 0 unspecified atom stereocenters. The van der Waals surface area contributed by atoms with Crippen molar-refractivity contribution in [2.45, 2.75) is 35.0 Å². The first-order chi connectivity index (χ1) is 6.53. The van der Waals surface area contributed by atoms with E-state index in [-0.39, 0.29) is 5.82 Å². The SMILES string of the molecule is Cc1cc(C23CC(I)(C2)C3)ccc1F. The molecule has 4 rings (SSSR count). The molecule has 3 aliphatic carbocycles. The molecule has 0 heterocycles. The Labute approximate surface area is 97.0 Å². The van der Waals surface area contributed by atoms with E-state index >= 15 is 0 Å². The first-order valence-electron chi connectivity index (χ1n) is 4.99. The van der Waals surface area contributed by atoms with Crippen LogP contribution in [0, 0.1) is 12.7 Å². The van der Waals surface area contributed by atoms with Crippen LogP contribution in [0.15, 0.2) is 18.2 Å². The Morgan fingerprint density at radius 2 is 1.93 bits per heavy atom. The van der Waals surface area contributed by atoms with Crippen LogP contribution >= 0.6 is 22.6 Å². The maximum absolute atomic E-state index is 13.1. The third-order valence-electron chi connectivity index (χ3n) is 3.74. The van der Waals surface area contributed by atoms with Crippen molar-refractivity contribution in [3.8, 4) is 0 Å². The molecule has 2 heteroatoms. The largest absolute Gasteiger partial charge is 0.207 e. The number of hydrogen-bond acceptors (Lipinski definition) is 0. The minimum absolute atomic E-state index is 0.0791. The van der Waals surface area contributed by atoms with Gasteiger partial charge in [-0.2, -0.15) is 0 Å². The highest BCUT2D eigenvalue weighted by Crippen LogP contribution is 2.72. The number of alkyl halides is 1. The van der Waals surface area contributed by atoms with E-state index in [1.54, 1.807) is 6.07 Å². The van der Waals surface area contributed by atoms with E-state index in [2.05, 4.69) is 22.6 Å². The average Bonchev–Trinajstić information content (AvgIpc) is 2.03. The standard InChI is InChI=1S/C12H12FI/c1-8-4-9(2-3-10(8)13)11-5-12(14,6-11)7-11/h2-4H,5-7H2,1H3. The molecule has 0 amide bonds. The zero-order chi connectivity index (χ0) is 9.97. The van der Waals surface area contributed by atoms with E-state index in [1.165, 1.54) is 24.8 Å². The van der Waals surface area contributed by atoms with E-state index in [0.29, 0.717) is 8.84 Å². The monoisotopic (exact) mass is 302 g/mol. The summed E-state index contributed by atoms with van der Waals surface area (Å²) in [4.78, 5) is 0. The highest BCUT2D eigenvalue weighted by molar-refractivity contribution is 14.1. The van der Waals surface area contributed by atoms with Crippen molar-refractivity contribution in [3.63, 3.8) is 0 Å². The number of hydrogen-bond donors (Lipinski definition) is 0. The second kappa shape index (κ2) is 2.52. The van der Waals surface area contributed by atoms with Crippen LogP contribution in [0.5, 0.6) is 0 Å². The molecule has 0 N–H and O–H groups in total. The molecule has 0 atom stereocenters. The molecule has 1 aromatic carbocycles. The fourth-order valence-electron chi connectivity index (χ4n) is 2.94. The summed E-state index contributed by atoms with van der Waals surface area (Å²) in [5, 5.41) is 0. The molecule has 74 valence electrons. The van der Waals surface area contributed by atoms with Gasteiger partial charge in [0.05, 0.1) is 0 Å². The van der Waals surface area contributed by atoms with Crippen LogP contribution in [0.1, 0.15) is 30.4 Å². The molecule has 0 saturated heterocycles. The number of halogens is 2. The van der Waals surface area contributed by atoms with Gasteiger partial charge in [0.25, 0.3) is 0 Å². The van der Waals surface area contributed by atoms with Crippen molar-refractivity contribution in [3.05, 3.63) is 35.1 Å². The molecule has 0 aromatic heterocycles. The van der Waals surface area contributed by atoms with Crippen molar-refractivity contribution in [2.75, 3.05) is 0 Å². The quantitative estimate of drug-likeness (QED) is 0.547. The molecule has 14 heavy (non-hydrogen) atoms. The zero-order valence-electron chi connectivity index (χ0n) is 8.11. The van der Waals surface area contributed by atoms with Gasteiger partial charge >= 0.3 is 0 Å². The lowest BCUT2D eigenvalue weighted by molar-refractivity contribution is 0.0219. The number of rotatable bonds is 1. The summed E-state index contributed by atoms with van der Waals surface area (Å²) in [6.07, 6.45) is 3.89. The van der Waals surface area contributed by atoms with Gasteiger partial charge in [-0.05, 0) is 48.8 Å². The normalized spacial score (nSPS) is 38.8. The van der Waals surface area contributed by atoms with Crippen LogP contribution in [0.25, 0.3) is 0 Å². The van der Waals surface area contributed by atoms with Crippen molar-refractivity contribution in [1.29, 1.82) is 0 Å². The van der Waals surface area contributed by atoms with Crippen LogP contribution in [0.4, 0.5) is 4.39 Å². The Bertz CT molecular complexity index is 391. The summed E-state index contributed by atoms with van der Waals surface area (Å²) in [5.74, 6) is -0.0791. The fraction of sp³-hybridized carbons (Fsp3) is 0.500. The van der Waals surface area contributed by atoms with Gasteiger partial charge in [0.1, 0.15) is 5.82 Å². The van der Waals surface area contributed by atoms with Crippen LogP contribution in [-0.4, -0.2) is 3.42 Å². The Morgan fingerprint density at radius 1 is 1.29 bits per heavy atom. The van der Waals surface area contributed by atoms with Gasteiger partial charge in [-0.25, -0.2) is 4.39 Å². The predicted molar refractivity (Wildman–Crippen MR) is 63.4 cm³/mol. The van der Waals surface area contributed by atoms with E-state index < -0.39 is 0 Å². The predicted octanol–water partition coefficient (Wildman–Crippen LogP) is 3.74. The molecule has 3 fully saturated rings. The van der Waals surface area contributed by atoms with Gasteiger partial charge in [-0.15, -0.1) is 0 Å². The van der Waals surface area contributed by atoms with Gasteiger partial charge in [-0.3, -0.25) is 0 Å². The molecular formula is C12H12FI. The van der Waals surface area contributed by atoms with Crippen LogP contribution in [0.3, 0.4) is 0 Å². The maximum atomic E-state index is 13.1. The molecule has 2 bridgehead atoms. The first-order valence-corrected chi connectivity index (χ1v) is 6.07. The van der Waals surface area contributed by atoms with E-state index in [0.717, 1.165) is 5.56 Å². The van der Waals surface area contributed by atoms with Gasteiger partial charge in [0.2, 0.25) is 0 Å². The van der Waals surface area contributed by atoms with E-state index in [4.69, 9.17) is 0 Å². The van der Waals surface area contributed by atoms with Crippen LogP contribution < -0.4 is 0 Å². The minimum atomic E-state index is -0.0791. The van der Waals surface area contributed by atoms with Gasteiger partial charge in [0, 0.05) is 3.42 Å². The lowest BCUT2D eigenvalue weighted by Crippen LogP contribution is -2.65. The van der Waals surface area contributed by atoms with Crippen LogP contribution in [0.2, 0.25) is 0 Å². The second-order valence-electron chi connectivity index (χ2n) is 4.93. The summed E-state index contributed by atoms with van der Waals surface area (Å²) >= 11 is 2.57. The average molecular weight is 302 g/mol. The summed E-state index contributed by atoms with van der Waals surface area (Å²) in [7, 11) is 0. The third kappa shape index (κ3) is 1.03. The first kappa shape index (κ1) is 9.13. The zero-order valence-corrected chi connectivity index (χ0v) is 10.3. The topological polar surface area (TPSA) is 0 Å².